The summed E-state index contributed by atoms with van der Waals surface area (Å²) in [5.74, 6) is 0.531. The highest BCUT2D eigenvalue weighted by Gasteiger charge is 2.23. The van der Waals surface area contributed by atoms with E-state index in [4.69, 9.17) is 0 Å². The number of piperazine rings is 1. The molecule has 0 radical (unpaired) electrons. The molecule has 2 aromatic rings. The molecule has 0 unspecified atom stereocenters. The molecule has 2 heterocycles. The van der Waals surface area contributed by atoms with Crippen LogP contribution in [-0.2, 0) is 11.3 Å². The number of aromatic nitrogens is 2. The Kier molecular flexibility index (Phi) is 5.46. The standard InChI is InChI=1S/C19H23N5O2/c1-15(25)23-8-10-24(11-9-23)18(26)17-12-20-19(21-13-17)22(2)14-16-6-4-3-5-7-16/h3-7,12-13H,8-11,14H2,1-2H3. The normalized spacial score (nSPS) is 14.2. The van der Waals surface area contributed by atoms with Crippen LogP contribution in [0.15, 0.2) is 42.7 Å². The van der Waals surface area contributed by atoms with Crippen LogP contribution < -0.4 is 4.90 Å². The van der Waals surface area contributed by atoms with Crippen molar-refractivity contribution in [1.82, 2.24) is 19.8 Å². The molecule has 1 saturated heterocycles. The van der Waals surface area contributed by atoms with Crippen molar-refractivity contribution >= 4 is 17.8 Å². The summed E-state index contributed by atoms with van der Waals surface area (Å²) >= 11 is 0. The van der Waals surface area contributed by atoms with Crippen molar-refractivity contribution in [2.45, 2.75) is 13.5 Å². The molecule has 26 heavy (non-hydrogen) atoms. The summed E-state index contributed by atoms with van der Waals surface area (Å²) in [7, 11) is 1.92. The highest BCUT2D eigenvalue weighted by molar-refractivity contribution is 5.93. The largest absolute Gasteiger partial charge is 0.340 e. The molecule has 0 atom stereocenters. The van der Waals surface area contributed by atoms with Crippen molar-refractivity contribution in [3.63, 3.8) is 0 Å². The molecule has 1 aliphatic rings. The average Bonchev–Trinajstić information content (AvgIpc) is 2.68. The molecule has 1 aromatic carbocycles. The van der Waals surface area contributed by atoms with Crippen molar-refractivity contribution < 1.29 is 9.59 Å². The Morgan fingerprint density at radius 3 is 2.15 bits per heavy atom. The predicted molar refractivity (Wildman–Crippen MR) is 98.7 cm³/mol. The number of benzene rings is 1. The van der Waals surface area contributed by atoms with Crippen molar-refractivity contribution in [2.24, 2.45) is 0 Å². The highest BCUT2D eigenvalue weighted by Crippen LogP contribution is 2.12. The van der Waals surface area contributed by atoms with Gasteiger partial charge in [0.2, 0.25) is 11.9 Å². The fraction of sp³-hybridized carbons (Fsp3) is 0.368. The van der Waals surface area contributed by atoms with Gasteiger partial charge in [0.15, 0.2) is 0 Å². The van der Waals surface area contributed by atoms with Crippen molar-refractivity contribution in [1.29, 1.82) is 0 Å². The molecule has 1 aromatic heterocycles. The molecular weight excluding hydrogens is 330 g/mol. The summed E-state index contributed by atoms with van der Waals surface area (Å²) in [5.41, 5.74) is 1.64. The minimum absolute atomic E-state index is 0.0474. The Hall–Kier alpha value is -2.96. The number of carbonyl (C=O) groups is 2. The SMILES string of the molecule is CC(=O)N1CCN(C(=O)c2cnc(N(C)Cc3ccccc3)nc2)CC1. The number of anilines is 1. The van der Waals surface area contributed by atoms with Crippen LogP contribution in [0.1, 0.15) is 22.8 Å². The van der Waals surface area contributed by atoms with Gasteiger partial charge in [-0.3, -0.25) is 9.59 Å². The molecule has 0 spiro atoms. The first-order valence-electron chi connectivity index (χ1n) is 8.66. The van der Waals surface area contributed by atoms with Crippen LogP contribution in [0.5, 0.6) is 0 Å². The van der Waals surface area contributed by atoms with Crippen LogP contribution in [0.2, 0.25) is 0 Å². The number of rotatable bonds is 4. The van der Waals surface area contributed by atoms with Crippen LogP contribution in [-0.4, -0.2) is 64.8 Å². The first kappa shape index (κ1) is 17.8. The van der Waals surface area contributed by atoms with Crippen molar-refractivity contribution in [2.75, 3.05) is 38.1 Å². The zero-order valence-electron chi connectivity index (χ0n) is 15.1. The molecule has 136 valence electrons. The van der Waals surface area contributed by atoms with Crippen LogP contribution in [0.25, 0.3) is 0 Å². The quantitative estimate of drug-likeness (QED) is 0.831. The van der Waals surface area contributed by atoms with Gasteiger partial charge in [0.05, 0.1) is 5.56 Å². The fourth-order valence-electron chi connectivity index (χ4n) is 2.96. The van der Waals surface area contributed by atoms with Gasteiger partial charge in [0, 0.05) is 59.1 Å². The molecule has 2 amide bonds. The molecule has 1 aliphatic heterocycles. The predicted octanol–water partition coefficient (Wildman–Crippen LogP) is 1.42. The van der Waals surface area contributed by atoms with E-state index in [1.54, 1.807) is 29.1 Å². The van der Waals surface area contributed by atoms with E-state index in [1.807, 2.05) is 30.1 Å². The average molecular weight is 353 g/mol. The van der Waals surface area contributed by atoms with E-state index in [-0.39, 0.29) is 11.8 Å². The topological polar surface area (TPSA) is 69.6 Å². The molecule has 0 bridgehead atoms. The monoisotopic (exact) mass is 353 g/mol. The van der Waals surface area contributed by atoms with E-state index in [2.05, 4.69) is 22.1 Å². The zero-order valence-corrected chi connectivity index (χ0v) is 15.1. The third-order valence-electron chi connectivity index (χ3n) is 4.50. The molecular formula is C19H23N5O2. The smallest absolute Gasteiger partial charge is 0.257 e. The summed E-state index contributed by atoms with van der Waals surface area (Å²) < 4.78 is 0. The zero-order chi connectivity index (χ0) is 18.5. The fourth-order valence-corrected chi connectivity index (χ4v) is 2.96. The molecule has 1 fully saturated rings. The Balaban J connectivity index is 1.60. The van der Waals surface area contributed by atoms with E-state index < -0.39 is 0 Å². The van der Waals surface area contributed by atoms with E-state index in [0.29, 0.717) is 44.2 Å². The lowest BCUT2D eigenvalue weighted by Crippen LogP contribution is -2.50. The summed E-state index contributed by atoms with van der Waals surface area (Å²) in [6.45, 7) is 4.46. The van der Waals surface area contributed by atoms with Crippen LogP contribution in [0.4, 0.5) is 5.95 Å². The van der Waals surface area contributed by atoms with Gasteiger partial charge in [-0.15, -0.1) is 0 Å². The Morgan fingerprint density at radius 1 is 1.00 bits per heavy atom. The molecule has 7 nitrogen and oxygen atoms in total. The lowest BCUT2D eigenvalue weighted by atomic mass is 10.2. The van der Waals surface area contributed by atoms with Gasteiger partial charge in [0.1, 0.15) is 0 Å². The third-order valence-corrected chi connectivity index (χ3v) is 4.50. The minimum Gasteiger partial charge on any atom is -0.340 e. The van der Waals surface area contributed by atoms with E-state index >= 15 is 0 Å². The number of carbonyl (C=O) groups excluding carboxylic acids is 2. The second-order valence-corrected chi connectivity index (χ2v) is 6.41. The van der Waals surface area contributed by atoms with Gasteiger partial charge >= 0.3 is 0 Å². The van der Waals surface area contributed by atoms with Crippen molar-refractivity contribution in [3.8, 4) is 0 Å². The highest BCUT2D eigenvalue weighted by atomic mass is 16.2. The molecule has 7 heteroatoms. The number of hydrogen-bond acceptors (Lipinski definition) is 5. The minimum atomic E-state index is -0.0922. The van der Waals surface area contributed by atoms with Crippen LogP contribution >= 0.6 is 0 Å². The summed E-state index contributed by atoms with van der Waals surface area (Å²) in [6, 6.07) is 10.1. The molecule has 3 rings (SSSR count). The van der Waals surface area contributed by atoms with Gasteiger partial charge in [-0.2, -0.15) is 0 Å². The Morgan fingerprint density at radius 2 is 1.58 bits per heavy atom. The number of hydrogen-bond donors (Lipinski definition) is 0. The second kappa shape index (κ2) is 7.95. The Labute approximate surface area is 153 Å². The van der Waals surface area contributed by atoms with Crippen LogP contribution in [0.3, 0.4) is 0 Å². The summed E-state index contributed by atoms with van der Waals surface area (Å²) in [4.78, 5) is 38.1. The number of amides is 2. The van der Waals surface area contributed by atoms with Gasteiger partial charge in [-0.05, 0) is 5.56 Å². The maximum atomic E-state index is 12.6. The lowest BCUT2D eigenvalue weighted by molar-refractivity contribution is -0.130. The van der Waals surface area contributed by atoms with Gasteiger partial charge in [0.25, 0.3) is 5.91 Å². The summed E-state index contributed by atoms with van der Waals surface area (Å²) in [6.07, 6.45) is 3.15. The number of nitrogens with zero attached hydrogens (tertiary/aromatic N) is 5. The summed E-state index contributed by atoms with van der Waals surface area (Å²) in [5, 5.41) is 0. The van der Waals surface area contributed by atoms with E-state index in [1.165, 1.54) is 5.56 Å². The second-order valence-electron chi connectivity index (χ2n) is 6.41. The molecule has 0 saturated carbocycles. The maximum absolute atomic E-state index is 12.6. The lowest BCUT2D eigenvalue weighted by Gasteiger charge is -2.34. The Bertz CT molecular complexity index is 755. The van der Waals surface area contributed by atoms with Gasteiger partial charge < -0.3 is 14.7 Å². The maximum Gasteiger partial charge on any atom is 0.257 e. The molecule has 0 N–H and O–H groups in total. The van der Waals surface area contributed by atoms with Gasteiger partial charge in [-0.25, -0.2) is 9.97 Å². The van der Waals surface area contributed by atoms with E-state index in [0.717, 1.165) is 0 Å². The third kappa shape index (κ3) is 4.17. The first-order chi connectivity index (χ1) is 12.5. The van der Waals surface area contributed by atoms with Gasteiger partial charge in [-0.1, -0.05) is 30.3 Å². The first-order valence-corrected chi connectivity index (χ1v) is 8.66. The molecule has 0 aliphatic carbocycles. The van der Waals surface area contributed by atoms with E-state index in [9.17, 15) is 9.59 Å². The van der Waals surface area contributed by atoms with Crippen molar-refractivity contribution in [3.05, 3.63) is 53.9 Å². The van der Waals surface area contributed by atoms with Crippen LogP contribution in [0, 0.1) is 0 Å².